The SMILES string of the molecule is COC(=O)[C@@H]1CN(C(=O)OC(C)(C)C)CCN1C(=O)c1cc(-c2cccc(C(F)F)c2)ccc1NC(=O)OC(C)(C)C. The third-order valence-corrected chi connectivity index (χ3v) is 6.12. The molecule has 10 nitrogen and oxygen atoms in total. The zero-order valence-electron chi connectivity index (χ0n) is 24.8. The maximum Gasteiger partial charge on any atom is 0.412 e. The van der Waals surface area contributed by atoms with E-state index in [9.17, 15) is 28.0 Å². The molecule has 0 bridgehead atoms. The van der Waals surface area contributed by atoms with Gasteiger partial charge in [-0.05, 0) is 70.9 Å². The maximum atomic E-state index is 14.1. The first-order valence-electron chi connectivity index (χ1n) is 13.4. The topological polar surface area (TPSA) is 114 Å². The fourth-order valence-corrected chi connectivity index (χ4v) is 4.29. The Balaban J connectivity index is 2.02. The first-order chi connectivity index (χ1) is 19.5. The average Bonchev–Trinajstić information content (AvgIpc) is 2.90. The molecule has 2 aromatic rings. The number of esters is 1. The van der Waals surface area contributed by atoms with Gasteiger partial charge in [0.15, 0.2) is 0 Å². The number of hydrogen-bond donors (Lipinski definition) is 1. The minimum absolute atomic E-state index is 0.0135. The predicted octanol–water partition coefficient (Wildman–Crippen LogP) is 5.87. The van der Waals surface area contributed by atoms with E-state index in [-0.39, 0.29) is 36.4 Å². The number of nitrogens with zero attached hydrogens (tertiary/aromatic N) is 2. The van der Waals surface area contributed by atoms with Crippen molar-refractivity contribution in [2.45, 2.75) is 65.2 Å². The number of rotatable bonds is 5. The zero-order chi connectivity index (χ0) is 31.4. The molecule has 42 heavy (non-hydrogen) atoms. The Morgan fingerprint density at radius 1 is 0.905 bits per heavy atom. The van der Waals surface area contributed by atoms with Crippen molar-refractivity contribution in [1.29, 1.82) is 0 Å². The van der Waals surface area contributed by atoms with Crippen molar-refractivity contribution in [3.05, 3.63) is 53.6 Å². The van der Waals surface area contributed by atoms with Crippen LogP contribution in [0.25, 0.3) is 11.1 Å². The number of amides is 3. The summed E-state index contributed by atoms with van der Waals surface area (Å²) in [5.41, 5.74) is -0.864. The van der Waals surface area contributed by atoms with Crippen LogP contribution in [0.15, 0.2) is 42.5 Å². The molecule has 1 aliphatic rings. The van der Waals surface area contributed by atoms with Crippen LogP contribution in [0, 0.1) is 0 Å². The quantitative estimate of drug-likeness (QED) is 0.343. The molecule has 3 rings (SSSR count). The smallest absolute Gasteiger partial charge is 0.412 e. The number of piperazine rings is 1. The van der Waals surface area contributed by atoms with Crippen LogP contribution in [0.4, 0.5) is 24.1 Å². The Labute approximate surface area is 243 Å². The van der Waals surface area contributed by atoms with Gasteiger partial charge < -0.3 is 24.0 Å². The average molecular weight is 590 g/mol. The molecular weight excluding hydrogens is 552 g/mol. The van der Waals surface area contributed by atoms with Gasteiger partial charge in [0.05, 0.1) is 24.9 Å². The molecule has 1 saturated heterocycles. The normalized spacial score (nSPS) is 15.7. The number of nitrogens with one attached hydrogen (secondary N) is 1. The summed E-state index contributed by atoms with van der Waals surface area (Å²) in [5.74, 6) is -1.40. The Bertz CT molecular complexity index is 1330. The van der Waals surface area contributed by atoms with Crippen molar-refractivity contribution in [2.24, 2.45) is 0 Å². The fraction of sp³-hybridized carbons (Fsp3) is 0.467. The Morgan fingerprint density at radius 2 is 1.55 bits per heavy atom. The second kappa shape index (κ2) is 12.7. The van der Waals surface area contributed by atoms with E-state index in [1.54, 1.807) is 53.7 Å². The number of hydrogen-bond acceptors (Lipinski definition) is 7. The van der Waals surface area contributed by atoms with Crippen LogP contribution < -0.4 is 5.32 Å². The Kier molecular flexibility index (Phi) is 9.80. The van der Waals surface area contributed by atoms with E-state index in [2.05, 4.69) is 5.32 Å². The molecule has 0 unspecified atom stereocenters. The molecule has 0 aliphatic carbocycles. The van der Waals surface area contributed by atoms with Crippen molar-refractivity contribution < 1.29 is 42.2 Å². The summed E-state index contributed by atoms with van der Waals surface area (Å²) in [4.78, 5) is 54.8. The summed E-state index contributed by atoms with van der Waals surface area (Å²) in [7, 11) is 1.17. The molecule has 0 saturated carbocycles. The van der Waals surface area contributed by atoms with E-state index in [4.69, 9.17) is 14.2 Å². The predicted molar refractivity (Wildman–Crippen MR) is 151 cm³/mol. The molecule has 1 atom stereocenters. The first-order valence-corrected chi connectivity index (χ1v) is 13.4. The van der Waals surface area contributed by atoms with E-state index in [1.807, 2.05) is 0 Å². The summed E-state index contributed by atoms with van der Waals surface area (Å²) in [5, 5.41) is 2.58. The molecule has 2 aromatic carbocycles. The number of carbonyl (C=O) groups is 4. The van der Waals surface area contributed by atoms with Crippen LogP contribution >= 0.6 is 0 Å². The van der Waals surface area contributed by atoms with E-state index in [0.717, 1.165) is 0 Å². The molecule has 3 amide bonds. The lowest BCUT2D eigenvalue weighted by atomic mass is 9.98. The second-order valence-electron chi connectivity index (χ2n) is 11.8. The summed E-state index contributed by atoms with van der Waals surface area (Å²) >= 11 is 0. The Hall–Kier alpha value is -4.22. The van der Waals surface area contributed by atoms with Crippen LogP contribution in [0.3, 0.4) is 0 Å². The van der Waals surface area contributed by atoms with Gasteiger partial charge in [-0.1, -0.05) is 24.3 Å². The lowest BCUT2D eigenvalue weighted by molar-refractivity contribution is -0.147. The molecule has 1 fully saturated rings. The highest BCUT2D eigenvalue weighted by Crippen LogP contribution is 2.31. The molecule has 1 heterocycles. The van der Waals surface area contributed by atoms with E-state index < -0.39 is 47.7 Å². The van der Waals surface area contributed by atoms with Crippen molar-refractivity contribution in [1.82, 2.24) is 9.80 Å². The largest absolute Gasteiger partial charge is 0.467 e. The van der Waals surface area contributed by atoms with Crippen molar-refractivity contribution in [3.63, 3.8) is 0 Å². The molecule has 1 aliphatic heterocycles. The third-order valence-electron chi connectivity index (χ3n) is 6.12. The highest BCUT2D eigenvalue weighted by molar-refractivity contribution is 6.05. The van der Waals surface area contributed by atoms with Crippen LogP contribution in [0.1, 0.15) is 63.9 Å². The molecule has 1 N–H and O–H groups in total. The van der Waals surface area contributed by atoms with Gasteiger partial charge in [0.1, 0.15) is 17.2 Å². The third kappa shape index (κ3) is 8.40. The first kappa shape index (κ1) is 32.3. The molecule has 0 spiro atoms. The highest BCUT2D eigenvalue weighted by Gasteiger charge is 2.40. The highest BCUT2D eigenvalue weighted by atomic mass is 19.3. The van der Waals surface area contributed by atoms with E-state index in [1.165, 1.54) is 47.2 Å². The van der Waals surface area contributed by atoms with Gasteiger partial charge in [0.2, 0.25) is 0 Å². The van der Waals surface area contributed by atoms with Crippen LogP contribution in [0.2, 0.25) is 0 Å². The molecular formula is C30H37F2N3O7. The van der Waals surface area contributed by atoms with Gasteiger partial charge in [-0.15, -0.1) is 0 Å². The lowest BCUT2D eigenvalue weighted by Gasteiger charge is -2.40. The van der Waals surface area contributed by atoms with E-state index in [0.29, 0.717) is 11.1 Å². The maximum absolute atomic E-state index is 14.1. The van der Waals surface area contributed by atoms with Crippen LogP contribution in [-0.2, 0) is 19.0 Å². The van der Waals surface area contributed by atoms with Gasteiger partial charge in [-0.3, -0.25) is 10.1 Å². The van der Waals surface area contributed by atoms with Crippen molar-refractivity contribution >= 4 is 29.8 Å². The lowest BCUT2D eigenvalue weighted by Crippen LogP contribution is -2.60. The van der Waals surface area contributed by atoms with Gasteiger partial charge in [0.25, 0.3) is 12.3 Å². The summed E-state index contributed by atoms with van der Waals surface area (Å²) < 4.78 is 42.5. The van der Waals surface area contributed by atoms with Gasteiger partial charge in [-0.2, -0.15) is 0 Å². The van der Waals surface area contributed by atoms with Crippen LogP contribution in [0.5, 0.6) is 0 Å². The molecule has 12 heteroatoms. The zero-order valence-corrected chi connectivity index (χ0v) is 24.8. The van der Waals surface area contributed by atoms with E-state index >= 15 is 0 Å². The molecule has 228 valence electrons. The molecule has 0 aromatic heterocycles. The standard InChI is InChI=1S/C30H37F2N3O7/c1-29(2,3)41-27(38)33-22-12-11-19(18-9-8-10-20(15-18)24(31)32)16-21(22)25(36)35-14-13-34(17-23(35)26(37)40-7)28(39)42-30(4,5)6/h8-12,15-16,23-24H,13-14,17H2,1-7H3,(H,33,38)/t23-/m0/s1. The number of ether oxygens (including phenoxy) is 3. The monoisotopic (exact) mass is 589 g/mol. The number of carbonyl (C=O) groups excluding carboxylic acids is 4. The van der Waals surface area contributed by atoms with Gasteiger partial charge in [-0.25, -0.2) is 23.2 Å². The van der Waals surface area contributed by atoms with Crippen molar-refractivity contribution in [3.8, 4) is 11.1 Å². The van der Waals surface area contributed by atoms with Gasteiger partial charge >= 0.3 is 18.2 Å². The number of methoxy groups -OCH3 is 1. The number of alkyl halides is 2. The minimum atomic E-state index is -2.69. The van der Waals surface area contributed by atoms with Crippen LogP contribution in [-0.4, -0.2) is 77.9 Å². The summed E-state index contributed by atoms with van der Waals surface area (Å²) in [6.45, 7) is 10.0. The minimum Gasteiger partial charge on any atom is -0.467 e. The summed E-state index contributed by atoms with van der Waals surface area (Å²) in [6.07, 6.45) is -4.15. The summed E-state index contributed by atoms with van der Waals surface area (Å²) in [6, 6.07) is 9.02. The second-order valence-corrected chi connectivity index (χ2v) is 11.8. The Morgan fingerprint density at radius 3 is 2.14 bits per heavy atom. The number of benzene rings is 2. The number of halogens is 2. The molecule has 0 radical (unpaired) electrons. The number of anilines is 1. The fourth-order valence-electron chi connectivity index (χ4n) is 4.29. The van der Waals surface area contributed by atoms with Gasteiger partial charge in [0, 0.05) is 18.7 Å². The van der Waals surface area contributed by atoms with Crippen molar-refractivity contribution in [2.75, 3.05) is 32.1 Å².